The molecule has 29 heavy (non-hydrogen) atoms. The topological polar surface area (TPSA) is 76.6 Å². The summed E-state index contributed by atoms with van der Waals surface area (Å²) in [6.45, 7) is 1.72. The molecule has 1 amide bonds. The van der Waals surface area contributed by atoms with Gasteiger partial charge in [-0.05, 0) is 42.8 Å². The monoisotopic (exact) mass is 426 g/mol. The first kappa shape index (κ1) is 18.0. The number of nitrogens with zero attached hydrogens (tertiary/aromatic N) is 2. The van der Waals surface area contributed by atoms with Crippen LogP contribution in [0.5, 0.6) is 0 Å². The van der Waals surface area contributed by atoms with Crippen LogP contribution in [0.25, 0.3) is 11.0 Å². The van der Waals surface area contributed by atoms with Crippen LogP contribution in [0.4, 0.5) is 5.82 Å². The lowest BCUT2D eigenvalue weighted by atomic mass is 9.98. The molecule has 0 bridgehead atoms. The summed E-state index contributed by atoms with van der Waals surface area (Å²) < 4.78 is 11.0. The minimum absolute atomic E-state index is 0.0320. The molecule has 2 aromatic heterocycles. The van der Waals surface area contributed by atoms with Crippen molar-refractivity contribution >= 4 is 45.9 Å². The molecule has 0 N–H and O–H groups in total. The summed E-state index contributed by atoms with van der Waals surface area (Å²) in [5.41, 5.74) is 0.825. The maximum absolute atomic E-state index is 13.4. The van der Waals surface area contributed by atoms with Crippen molar-refractivity contribution in [3.8, 4) is 0 Å². The van der Waals surface area contributed by atoms with E-state index in [1.165, 1.54) is 11.0 Å². The number of aromatic nitrogens is 1. The van der Waals surface area contributed by atoms with Gasteiger partial charge in [-0.1, -0.05) is 40.5 Å². The van der Waals surface area contributed by atoms with Gasteiger partial charge in [0.2, 0.25) is 5.76 Å². The van der Waals surface area contributed by atoms with E-state index in [1.54, 1.807) is 49.4 Å². The number of carbonyl (C=O) groups is 1. The van der Waals surface area contributed by atoms with Gasteiger partial charge in [0.1, 0.15) is 11.3 Å². The second kappa shape index (κ2) is 6.47. The van der Waals surface area contributed by atoms with Crippen LogP contribution >= 0.6 is 23.2 Å². The Hall–Kier alpha value is -3.09. The van der Waals surface area contributed by atoms with E-state index < -0.39 is 11.9 Å². The highest BCUT2D eigenvalue weighted by Crippen LogP contribution is 2.41. The van der Waals surface area contributed by atoms with E-state index in [1.807, 2.05) is 0 Å². The fourth-order valence-electron chi connectivity index (χ4n) is 3.64. The normalized spacial score (nSPS) is 15.9. The maximum Gasteiger partial charge on any atom is 0.296 e. The summed E-state index contributed by atoms with van der Waals surface area (Å²) >= 11 is 12.3. The summed E-state index contributed by atoms with van der Waals surface area (Å²) in [4.78, 5) is 28.1. The van der Waals surface area contributed by atoms with Crippen LogP contribution in [0.1, 0.15) is 33.5 Å². The SMILES string of the molecule is Cc1cc(N2C(=O)c3oc4ccc(Cl)cc4c(=O)c3C2c2cccc(Cl)c2)no1. The minimum atomic E-state index is -0.764. The molecule has 1 unspecified atom stereocenters. The molecule has 0 fully saturated rings. The number of carbonyl (C=O) groups excluding carboxylic acids is 1. The van der Waals surface area contributed by atoms with Crippen molar-refractivity contribution < 1.29 is 13.7 Å². The van der Waals surface area contributed by atoms with Crippen molar-refractivity contribution in [3.05, 3.63) is 91.4 Å². The second-order valence-electron chi connectivity index (χ2n) is 6.74. The van der Waals surface area contributed by atoms with E-state index in [0.29, 0.717) is 26.8 Å². The van der Waals surface area contributed by atoms with Crippen LogP contribution in [0.15, 0.2) is 62.3 Å². The fraction of sp³-hybridized carbons (Fsp3) is 0.0952. The standard InChI is InChI=1S/C21H12Cl2N2O4/c1-10-7-16(24-29-10)25-18(11-3-2-4-12(22)8-11)17-19(26)14-9-13(23)5-6-15(14)28-20(17)21(25)27/h2-9,18H,1H3. The quantitative estimate of drug-likeness (QED) is 0.443. The summed E-state index contributed by atoms with van der Waals surface area (Å²) in [5, 5.41) is 5.16. The van der Waals surface area contributed by atoms with Crippen LogP contribution in [0.2, 0.25) is 10.0 Å². The van der Waals surface area contributed by atoms with Crippen LogP contribution < -0.4 is 10.3 Å². The highest BCUT2D eigenvalue weighted by molar-refractivity contribution is 6.31. The number of anilines is 1. The first-order chi connectivity index (χ1) is 13.9. The highest BCUT2D eigenvalue weighted by atomic mass is 35.5. The third-order valence-corrected chi connectivity index (χ3v) is 5.33. The molecular formula is C21H12Cl2N2O4. The minimum Gasteiger partial charge on any atom is -0.450 e. The van der Waals surface area contributed by atoms with Crippen molar-refractivity contribution in [2.24, 2.45) is 0 Å². The van der Waals surface area contributed by atoms with Crippen molar-refractivity contribution in [3.63, 3.8) is 0 Å². The van der Waals surface area contributed by atoms with E-state index in [0.717, 1.165) is 0 Å². The molecular weight excluding hydrogens is 415 g/mol. The van der Waals surface area contributed by atoms with E-state index in [2.05, 4.69) is 5.16 Å². The zero-order valence-corrected chi connectivity index (χ0v) is 16.5. The molecule has 0 radical (unpaired) electrons. The molecule has 8 heteroatoms. The zero-order chi connectivity index (χ0) is 20.3. The fourth-order valence-corrected chi connectivity index (χ4v) is 4.01. The van der Waals surface area contributed by atoms with Gasteiger partial charge in [0, 0.05) is 16.1 Å². The van der Waals surface area contributed by atoms with Gasteiger partial charge in [0.25, 0.3) is 5.91 Å². The number of hydrogen-bond acceptors (Lipinski definition) is 5. The lowest BCUT2D eigenvalue weighted by Gasteiger charge is -2.22. The molecule has 0 saturated carbocycles. The molecule has 4 aromatic rings. The zero-order valence-electron chi connectivity index (χ0n) is 15.0. The average molecular weight is 427 g/mol. The Morgan fingerprint density at radius 3 is 2.55 bits per heavy atom. The van der Waals surface area contributed by atoms with Crippen LogP contribution in [-0.4, -0.2) is 11.1 Å². The lowest BCUT2D eigenvalue weighted by molar-refractivity contribution is 0.0969. The van der Waals surface area contributed by atoms with E-state index in [9.17, 15) is 9.59 Å². The first-order valence-corrected chi connectivity index (χ1v) is 9.48. The molecule has 1 aliphatic heterocycles. The van der Waals surface area contributed by atoms with Crippen LogP contribution in [0.3, 0.4) is 0 Å². The Labute approximate surface area is 174 Å². The Morgan fingerprint density at radius 1 is 1.03 bits per heavy atom. The summed E-state index contributed by atoms with van der Waals surface area (Å²) in [7, 11) is 0. The van der Waals surface area contributed by atoms with Crippen LogP contribution in [-0.2, 0) is 0 Å². The molecule has 0 saturated heterocycles. The third-order valence-electron chi connectivity index (χ3n) is 4.86. The molecule has 144 valence electrons. The number of hydrogen-bond donors (Lipinski definition) is 0. The summed E-state index contributed by atoms with van der Waals surface area (Å²) in [6.07, 6.45) is 0. The molecule has 1 atom stereocenters. The largest absolute Gasteiger partial charge is 0.450 e. The lowest BCUT2D eigenvalue weighted by Crippen LogP contribution is -2.29. The van der Waals surface area contributed by atoms with Gasteiger partial charge in [-0.15, -0.1) is 0 Å². The molecule has 6 nitrogen and oxygen atoms in total. The molecule has 0 spiro atoms. The van der Waals surface area contributed by atoms with Crippen molar-refractivity contribution in [1.82, 2.24) is 5.16 Å². The van der Waals surface area contributed by atoms with Gasteiger partial charge in [0.15, 0.2) is 11.2 Å². The molecule has 3 heterocycles. The Morgan fingerprint density at radius 2 is 1.83 bits per heavy atom. The van der Waals surface area contributed by atoms with Crippen molar-refractivity contribution in [2.45, 2.75) is 13.0 Å². The van der Waals surface area contributed by atoms with Gasteiger partial charge in [-0.2, -0.15) is 0 Å². The first-order valence-electron chi connectivity index (χ1n) is 8.72. The number of fused-ring (bicyclic) bond motifs is 2. The number of amides is 1. The third kappa shape index (κ3) is 2.75. The number of halogens is 2. The number of benzene rings is 2. The second-order valence-corrected chi connectivity index (χ2v) is 7.62. The van der Waals surface area contributed by atoms with E-state index in [4.69, 9.17) is 32.1 Å². The smallest absolute Gasteiger partial charge is 0.296 e. The number of aryl methyl sites for hydroxylation is 1. The van der Waals surface area contributed by atoms with Gasteiger partial charge >= 0.3 is 0 Å². The summed E-state index contributed by atoms with van der Waals surface area (Å²) in [5.74, 6) is 0.304. The molecule has 1 aliphatic rings. The predicted molar refractivity (Wildman–Crippen MR) is 109 cm³/mol. The van der Waals surface area contributed by atoms with Gasteiger partial charge in [0.05, 0.1) is 17.0 Å². The Bertz CT molecular complexity index is 1360. The molecule has 2 aromatic carbocycles. The maximum atomic E-state index is 13.4. The average Bonchev–Trinajstić information content (AvgIpc) is 3.24. The van der Waals surface area contributed by atoms with Crippen molar-refractivity contribution in [1.29, 1.82) is 0 Å². The molecule has 0 aliphatic carbocycles. The van der Waals surface area contributed by atoms with E-state index in [-0.39, 0.29) is 28.2 Å². The van der Waals surface area contributed by atoms with Gasteiger partial charge in [-0.3, -0.25) is 14.5 Å². The summed E-state index contributed by atoms with van der Waals surface area (Å²) in [6, 6.07) is 12.5. The van der Waals surface area contributed by atoms with Gasteiger partial charge in [-0.25, -0.2) is 0 Å². The Kier molecular flexibility index (Phi) is 4.01. The number of rotatable bonds is 2. The van der Waals surface area contributed by atoms with Crippen molar-refractivity contribution in [2.75, 3.05) is 4.90 Å². The Balaban J connectivity index is 1.84. The van der Waals surface area contributed by atoms with Gasteiger partial charge < -0.3 is 8.94 Å². The van der Waals surface area contributed by atoms with Crippen LogP contribution in [0, 0.1) is 6.92 Å². The molecule has 5 rings (SSSR count). The highest BCUT2D eigenvalue weighted by Gasteiger charge is 2.44. The van der Waals surface area contributed by atoms with E-state index >= 15 is 0 Å². The predicted octanol–water partition coefficient (Wildman–Crippen LogP) is 5.15.